The van der Waals surface area contributed by atoms with Crippen molar-refractivity contribution in [3.8, 4) is 16.9 Å². The highest BCUT2D eigenvalue weighted by Gasteiger charge is 2.57. The van der Waals surface area contributed by atoms with Crippen LogP contribution in [-0.2, 0) is 5.41 Å². The van der Waals surface area contributed by atoms with E-state index in [9.17, 15) is 0 Å². The first-order chi connectivity index (χ1) is 22.6. The highest BCUT2D eigenvalue weighted by Crippen LogP contribution is 2.61. The summed E-state index contributed by atoms with van der Waals surface area (Å²) in [6.45, 7) is 4.83. The molecule has 216 valence electrons. The minimum absolute atomic E-state index is 0.0323. The van der Waals surface area contributed by atoms with Crippen molar-refractivity contribution in [2.75, 3.05) is 9.71 Å². The van der Waals surface area contributed by atoms with Crippen LogP contribution in [0.15, 0.2) is 115 Å². The summed E-state index contributed by atoms with van der Waals surface area (Å²) in [6.07, 6.45) is -0.0936. The van der Waals surface area contributed by atoms with Gasteiger partial charge in [-0.2, -0.15) is 0 Å². The van der Waals surface area contributed by atoms with Crippen molar-refractivity contribution < 1.29 is 4.74 Å². The molecule has 0 aliphatic carbocycles. The fraction of sp³-hybridized carbons (Fsp3) is 0.122. The van der Waals surface area contributed by atoms with Crippen LogP contribution in [0.3, 0.4) is 0 Å². The fourth-order valence-electron chi connectivity index (χ4n) is 9.71. The monoisotopic (exact) mass is 606 g/mol. The predicted molar refractivity (Wildman–Crippen MR) is 192 cm³/mol. The van der Waals surface area contributed by atoms with Gasteiger partial charge in [0.05, 0.1) is 22.0 Å². The molecule has 0 saturated heterocycles. The highest BCUT2D eigenvalue weighted by atomic mass is 32.1. The summed E-state index contributed by atoms with van der Waals surface area (Å²) in [7, 11) is 0. The summed E-state index contributed by atoms with van der Waals surface area (Å²) >= 11 is 1.94. The standard InChI is InChI=1S/C41H27BN2OS/c1-41(2)28-15-5-6-18-31(28)43-37-29(41)16-10-17-30(37)42-35-26(21-27-22-11-4-8-20-33(22)46-39(27)38(35)43)23-13-9-14-25-34-24-12-3-7-19-32(24)45-40(34)44(42)36(23)25/h3-21,34,40H,1-2H3. The van der Waals surface area contributed by atoms with Crippen LogP contribution >= 0.6 is 11.3 Å². The Kier molecular flexibility index (Phi) is 4.15. The molecule has 6 heterocycles. The molecule has 0 spiro atoms. The van der Waals surface area contributed by atoms with Gasteiger partial charge in [-0.3, -0.25) is 0 Å². The Morgan fingerprint density at radius 2 is 1.48 bits per heavy atom. The smallest absolute Gasteiger partial charge is 0.331 e. The van der Waals surface area contributed by atoms with Crippen LogP contribution in [0.25, 0.3) is 31.3 Å². The fourth-order valence-corrected chi connectivity index (χ4v) is 10.9. The lowest BCUT2D eigenvalue weighted by molar-refractivity contribution is 0.239. The van der Waals surface area contributed by atoms with Crippen molar-refractivity contribution in [1.82, 2.24) is 0 Å². The van der Waals surface area contributed by atoms with Crippen molar-refractivity contribution in [2.24, 2.45) is 0 Å². The molecule has 2 atom stereocenters. The van der Waals surface area contributed by atoms with Gasteiger partial charge in [-0.25, -0.2) is 0 Å². The number of hydrogen-bond acceptors (Lipinski definition) is 4. The predicted octanol–water partition coefficient (Wildman–Crippen LogP) is 8.93. The van der Waals surface area contributed by atoms with Crippen LogP contribution < -0.4 is 25.4 Å². The van der Waals surface area contributed by atoms with Gasteiger partial charge in [0.2, 0.25) is 0 Å². The molecule has 5 heteroatoms. The van der Waals surface area contributed by atoms with E-state index in [2.05, 4.69) is 139 Å². The third-order valence-electron chi connectivity index (χ3n) is 11.5. The normalized spacial score (nSPS) is 19.7. The lowest BCUT2D eigenvalue weighted by Crippen LogP contribution is -2.66. The first kappa shape index (κ1) is 24.3. The first-order valence-electron chi connectivity index (χ1n) is 16.3. The van der Waals surface area contributed by atoms with E-state index in [-0.39, 0.29) is 24.4 Å². The van der Waals surface area contributed by atoms with E-state index in [4.69, 9.17) is 4.74 Å². The number of rotatable bonds is 0. The second kappa shape index (κ2) is 7.86. The molecule has 46 heavy (non-hydrogen) atoms. The van der Waals surface area contributed by atoms with E-state index in [1.165, 1.54) is 87.2 Å². The van der Waals surface area contributed by atoms with Gasteiger partial charge in [-0.15, -0.1) is 11.3 Å². The van der Waals surface area contributed by atoms with Gasteiger partial charge >= 0.3 is 6.85 Å². The summed E-state index contributed by atoms with van der Waals surface area (Å²) in [6, 6.07) is 43.3. The largest absolute Gasteiger partial charge is 0.470 e. The molecule has 5 aliphatic heterocycles. The molecule has 7 aromatic rings. The lowest BCUT2D eigenvalue weighted by Gasteiger charge is -2.50. The number of benzene rings is 6. The van der Waals surface area contributed by atoms with Gasteiger partial charge in [0.25, 0.3) is 0 Å². The zero-order valence-corrected chi connectivity index (χ0v) is 26.2. The Morgan fingerprint density at radius 1 is 0.696 bits per heavy atom. The molecule has 2 unspecified atom stereocenters. The topological polar surface area (TPSA) is 15.7 Å². The maximum absolute atomic E-state index is 6.98. The molecule has 6 aromatic carbocycles. The van der Waals surface area contributed by atoms with Gasteiger partial charge in [0.15, 0.2) is 6.23 Å². The van der Waals surface area contributed by atoms with E-state index in [0.717, 1.165) is 5.75 Å². The van der Waals surface area contributed by atoms with Gasteiger partial charge in [-0.05, 0) is 57.4 Å². The van der Waals surface area contributed by atoms with Crippen LogP contribution in [0, 0.1) is 0 Å². The third-order valence-corrected chi connectivity index (χ3v) is 12.7. The van der Waals surface area contributed by atoms with Crippen molar-refractivity contribution in [1.29, 1.82) is 0 Å². The second-order valence-electron chi connectivity index (χ2n) is 14.0. The van der Waals surface area contributed by atoms with Crippen LogP contribution in [0.2, 0.25) is 0 Å². The van der Waals surface area contributed by atoms with Crippen molar-refractivity contribution in [2.45, 2.75) is 31.4 Å². The zero-order valence-electron chi connectivity index (χ0n) is 25.4. The Bertz CT molecular complexity index is 2550. The van der Waals surface area contributed by atoms with E-state index in [0.29, 0.717) is 0 Å². The molecular formula is C41H27BN2OS. The summed E-state index contributed by atoms with van der Waals surface area (Å²) in [5, 5.41) is 2.69. The first-order valence-corrected chi connectivity index (χ1v) is 17.1. The van der Waals surface area contributed by atoms with E-state index in [1.807, 2.05) is 11.3 Å². The summed E-state index contributed by atoms with van der Waals surface area (Å²) in [5.41, 5.74) is 16.1. The minimum atomic E-state index is -0.141. The van der Waals surface area contributed by atoms with E-state index in [1.54, 1.807) is 0 Å². The minimum Gasteiger partial charge on any atom is -0.470 e. The lowest BCUT2D eigenvalue weighted by atomic mass is 9.43. The quantitative estimate of drug-likeness (QED) is 0.160. The van der Waals surface area contributed by atoms with Crippen molar-refractivity contribution >= 4 is 72.0 Å². The number of anilines is 4. The second-order valence-corrected chi connectivity index (χ2v) is 15.0. The van der Waals surface area contributed by atoms with E-state index < -0.39 is 0 Å². The third kappa shape index (κ3) is 2.57. The molecule has 5 aliphatic rings. The van der Waals surface area contributed by atoms with Crippen LogP contribution in [-0.4, -0.2) is 13.1 Å². The average Bonchev–Trinajstić information content (AvgIpc) is 3.75. The van der Waals surface area contributed by atoms with Gasteiger partial charge in [-0.1, -0.05) is 105 Å². The van der Waals surface area contributed by atoms with Gasteiger partial charge in [0.1, 0.15) is 5.75 Å². The number of thiophene rings is 1. The highest BCUT2D eigenvalue weighted by molar-refractivity contribution is 7.26. The van der Waals surface area contributed by atoms with Crippen LogP contribution in [0.4, 0.5) is 22.7 Å². The summed E-state index contributed by atoms with van der Waals surface area (Å²) in [5.74, 6) is 1.20. The van der Waals surface area contributed by atoms with Gasteiger partial charge in [0, 0.05) is 43.4 Å². The molecule has 0 N–H and O–H groups in total. The van der Waals surface area contributed by atoms with E-state index >= 15 is 0 Å². The molecule has 0 saturated carbocycles. The Morgan fingerprint density at radius 3 is 2.43 bits per heavy atom. The maximum Gasteiger partial charge on any atom is 0.331 e. The molecule has 3 nitrogen and oxygen atoms in total. The molecule has 0 fully saturated rings. The molecule has 0 bridgehead atoms. The number of para-hydroxylation sites is 4. The number of fused-ring (bicyclic) bond motifs is 15. The summed E-state index contributed by atoms with van der Waals surface area (Å²) < 4.78 is 9.68. The Balaban J connectivity index is 1.28. The molecule has 0 amide bonds. The SMILES string of the molecule is CC1(C)c2ccccc2N2c3c(cccc31)B1c3c(cc4c(sc5ccccc54)c32)-c2cccc3c2N1C1Oc2ccccc2C31. The Hall–Kier alpha value is -5.00. The number of ether oxygens (including phenoxy) is 1. The number of hydrogen-bond donors (Lipinski definition) is 0. The number of nitrogens with zero attached hydrogens (tertiary/aromatic N) is 2. The van der Waals surface area contributed by atoms with Crippen molar-refractivity contribution in [3.63, 3.8) is 0 Å². The zero-order chi connectivity index (χ0) is 30.1. The Labute approximate surface area is 271 Å². The van der Waals surface area contributed by atoms with Crippen molar-refractivity contribution in [3.05, 3.63) is 138 Å². The molecule has 1 aromatic heterocycles. The molecule has 0 radical (unpaired) electrons. The van der Waals surface area contributed by atoms with Crippen LogP contribution in [0.1, 0.15) is 42.0 Å². The molecule has 12 rings (SSSR count). The maximum atomic E-state index is 6.98. The molecular weight excluding hydrogens is 579 g/mol. The van der Waals surface area contributed by atoms with Gasteiger partial charge < -0.3 is 14.4 Å². The van der Waals surface area contributed by atoms with Crippen LogP contribution in [0.5, 0.6) is 5.75 Å². The average molecular weight is 607 g/mol. The summed E-state index contributed by atoms with van der Waals surface area (Å²) in [4.78, 5) is 5.31.